The lowest BCUT2D eigenvalue weighted by atomic mass is 10.2. The number of benzene rings is 1. The molecule has 18 heavy (non-hydrogen) atoms. The molecule has 0 heterocycles. The Bertz CT molecular complexity index is 435. The van der Waals surface area contributed by atoms with E-state index in [1.165, 1.54) is 18.2 Å². The summed E-state index contributed by atoms with van der Waals surface area (Å²) >= 11 is 5.71. The first-order chi connectivity index (χ1) is 8.29. The van der Waals surface area contributed by atoms with Crippen LogP contribution in [0.1, 0.15) is 23.2 Å². The average Bonchev–Trinajstić information content (AvgIpc) is 2.24. The van der Waals surface area contributed by atoms with Crippen LogP contribution >= 0.6 is 11.6 Å². The molecule has 0 atom stereocenters. The number of ether oxygens (including phenoxy) is 1. The quantitative estimate of drug-likeness (QED) is 0.843. The molecule has 0 aliphatic rings. The van der Waals surface area contributed by atoms with E-state index in [-0.39, 0.29) is 29.4 Å². The second-order valence-corrected chi connectivity index (χ2v) is 3.98. The summed E-state index contributed by atoms with van der Waals surface area (Å²) in [6.45, 7) is -0.0979. The van der Waals surface area contributed by atoms with Crippen molar-refractivity contribution in [3.05, 3.63) is 28.8 Å². The van der Waals surface area contributed by atoms with E-state index in [0.717, 1.165) is 0 Å². The van der Waals surface area contributed by atoms with Crippen molar-refractivity contribution in [3.8, 4) is 5.75 Å². The molecule has 0 saturated carbocycles. The van der Waals surface area contributed by atoms with Crippen LogP contribution < -0.4 is 10.5 Å². The predicted molar refractivity (Wildman–Crippen MR) is 60.8 cm³/mol. The molecule has 0 fully saturated rings. The summed E-state index contributed by atoms with van der Waals surface area (Å²) in [5.41, 5.74) is 5.14. The van der Waals surface area contributed by atoms with Crippen molar-refractivity contribution in [1.29, 1.82) is 0 Å². The predicted octanol–water partition coefficient (Wildman–Crippen LogP) is 3.16. The number of hydrogen-bond donors (Lipinski definition) is 1. The fourth-order valence-electron chi connectivity index (χ4n) is 1.25. The molecule has 1 amide bonds. The number of alkyl halides is 3. The van der Waals surface area contributed by atoms with Crippen molar-refractivity contribution in [2.75, 3.05) is 6.61 Å². The first kappa shape index (κ1) is 14.6. The van der Waals surface area contributed by atoms with Crippen molar-refractivity contribution in [2.45, 2.75) is 19.0 Å². The molecular formula is C11H11ClF3NO2. The minimum Gasteiger partial charge on any atom is -0.494 e. The fraction of sp³-hybridized carbons (Fsp3) is 0.364. The van der Waals surface area contributed by atoms with Gasteiger partial charge in [0.1, 0.15) is 5.75 Å². The van der Waals surface area contributed by atoms with Crippen LogP contribution in [0.4, 0.5) is 13.2 Å². The summed E-state index contributed by atoms with van der Waals surface area (Å²) in [7, 11) is 0. The lowest BCUT2D eigenvalue weighted by molar-refractivity contribution is -0.136. The van der Waals surface area contributed by atoms with Gasteiger partial charge in [0, 0.05) is 6.42 Å². The monoisotopic (exact) mass is 281 g/mol. The number of halogens is 4. The minimum atomic E-state index is -4.19. The summed E-state index contributed by atoms with van der Waals surface area (Å²) < 4.78 is 40.7. The molecule has 100 valence electrons. The van der Waals surface area contributed by atoms with Gasteiger partial charge in [-0.05, 0) is 24.6 Å². The number of hydrogen-bond acceptors (Lipinski definition) is 2. The first-order valence-corrected chi connectivity index (χ1v) is 5.46. The molecule has 0 unspecified atom stereocenters. The second-order valence-electron chi connectivity index (χ2n) is 3.57. The smallest absolute Gasteiger partial charge is 0.389 e. The Morgan fingerprint density at radius 3 is 2.61 bits per heavy atom. The summed E-state index contributed by atoms with van der Waals surface area (Å²) in [6.07, 6.45) is -5.26. The zero-order valence-electron chi connectivity index (χ0n) is 9.26. The van der Waals surface area contributed by atoms with Gasteiger partial charge in [-0.1, -0.05) is 11.6 Å². The molecule has 1 aromatic carbocycles. The van der Waals surface area contributed by atoms with Crippen molar-refractivity contribution < 1.29 is 22.7 Å². The van der Waals surface area contributed by atoms with Gasteiger partial charge in [0.2, 0.25) is 5.91 Å². The van der Waals surface area contributed by atoms with Crippen molar-refractivity contribution >= 4 is 17.5 Å². The van der Waals surface area contributed by atoms with E-state index in [1.54, 1.807) is 0 Å². The summed E-state index contributed by atoms with van der Waals surface area (Å²) in [6, 6.07) is 4.17. The molecule has 0 bridgehead atoms. The van der Waals surface area contributed by atoms with E-state index in [1.807, 2.05) is 0 Å². The van der Waals surface area contributed by atoms with Crippen LogP contribution in [-0.2, 0) is 0 Å². The molecule has 0 saturated heterocycles. The highest BCUT2D eigenvalue weighted by molar-refractivity contribution is 6.33. The van der Waals surface area contributed by atoms with Crippen molar-refractivity contribution in [2.24, 2.45) is 5.73 Å². The molecule has 7 heteroatoms. The molecule has 1 aromatic rings. The number of primary amides is 1. The van der Waals surface area contributed by atoms with Gasteiger partial charge in [0.25, 0.3) is 0 Å². The molecular weight excluding hydrogens is 271 g/mol. The highest BCUT2D eigenvalue weighted by Gasteiger charge is 2.26. The standard InChI is InChI=1S/C11H11ClF3NO2/c12-9-3-2-7(6-8(9)10(16)17)18-5-1-4-11(13,14)15/h2-3,6H,1,4-5H2,(H2,16,17). The number of carbonyl (C=O) groups is 1. The Kier molecular flexibility index (Phi) is 4.84. The van der Waals surface area contributed by atoms with Gasteiger partial charge in [-0.3, -0.25) is 4.79 Å². The van der Waals surface area contributed by atoms with Gasteiger partial charge < -0.3 is 10.5 Å². The average molecular weight is 282 g/mol. The van der Waals surface area contributed by atoms with E-state index in [0.29, 0.717) is 0 Å². The van der Waals surface area contributed by atoms with Crippen LogP contribution in [0, 0.1) is 0 Å². The molecule has 0 aliphatic carbocycles. The molecule has 0 aliphatic heterocycles. The van der Waals surface area contributed by atoms with Gasteiger partial charge in [-0.2, -0.15) is 13.2 Å². The Hall–Kier alpha value is -1.43. The van der Waals surface area contributed by atoms with E-state index in [2.05, 4.69) is 0 Å². The van der Waals surface area contributed by atoms with E-state index >= 15 is 0 Å². The minimum absolute atomic E-state index is 0.0741. The van der Waals surface area contributed by atoms with Gasteiger partial charge in [0.05, 0.1) is 17.2 Å². The Balaban J connectivity index is 2.53. The maximum absolute atomic E-state index is 11.9. The highest BCUT2D eigenvalue weighted by atomic mass is 35.5. The Morgan fingerprint density at radius 2 is 2.06 bits per heavy atom. The van der Waals surface area contributed by atoms with Gasteiger partial charge >= 0.3 is 6.18 Å². The van der Waals surface area contributed by atoms with Gasteiger partial charge in [-0.15, -0.1) is 0 Å². The summed E-state index contributed by atoms with van der Waals surface area (Å²) in [4.78, 5) is 11.0. The maximum atomic E-state index is 11.9. The first-order valence-electron chi connectivity index (χ1n) is 5.08. The van der Waals surface area contributed by atoms with Crippen molar-refractivity contribution in [3.63, 3.8) is 0 Å². The Labute approximate surface area is 107 Å². The van der Waals surface area contributed by atoms with Crippen LogP contribution in [0.25, 0.3) is 0 Å². The second kappa shape index (κ2) is 5.95. The third kappa shape index (κ3) is 4.83. The zero-order valence-corrected chi connectivity index (χ0v) is 10.0. The van der Waals surface area contributed by atoms with Gasteiger partial charge in [0.15, 0.2) is 0 Å². The van der Waals surface area contributed by atoms with E-state index in [9.17, 15) is 18.0 Å². The lowest BCUT2D eigenvalue weighted by Crippen LogP contribution is -2.12. The Morgan fingerprint density at radius 1 is 1.39 bits per heavy atom. The third-order valence-electron chi connectivity index (χ3n) is 2.08. The number of amides is 1. The van der Waals surface area contributed by atoms with E-state index in [4.69, 9.17) is 22.1 Å². The normalized spacial score (nSPS) is 11.3. The maximum Gasteiger partial charge on any atom is 0.389 e. The number of nitrogens with two attached hydrogens (primary N) is 1. The van der Waals surface area contributed by atoms with Crippen LogP contribution in [0.5, 0.6) is 5.75 Å². The zero-order chi connectivity index (χ0) is 13.8. The van der Waals surface area contributed by atoms with Crippen LogP contribution in [-0.4, -0.2) is 18.7 Å². The van der Waals surface area contributed by atoms with E-state index < -0.39 is 18.5 Å². The molecule has 1 rings (SSSR count). The largest absolute Gasteiger partial charge is 0.494 e. The van der Waals surface area contributed by atoms with Crippen LogP contribution in [0.15, 0.2) is 18.2 Å². The van der Waals surface area contributed by atoms with Gasteiger partial charge in [-0.25, -0.2) is 0 Å². The van der Waals surface area contributed by atoms with Crippen LogP contribution in [0.3, 0.4) is 0 Å². The van der Waals surface area contributed by atoms with Crippen LogP contribution in [0.2, 0.25) is 5.02 Å². The molecule has 2 N–H and O–H groups in total. The van der Waals surface area contributed by atoms with Crippen molar-refractivity contribution in [1.82, 2.24) is 0 Å². The molecule has 0 radical (unpaired) electrons. The highest BCUT2D eigenvalue weighted by Crippen LogP contribution is 2.23. The third-order valence-corrected chi connectivity index (χ3v) is 2.41. The molecule has 0 aromatic heterocycles. The summed E-state index contributed by atoms with van der Waals surface area (Å²) in [5, 5.41) is 0.171. The number of rotatable bonds is 5. The number of carbonyl (C=O) groups excluding carboxylic acids is 1. The lowest BCUT2D eigenvalue weighted by Gasteiger charge is -2.09. The SMILES string of the molecule is NC(=O)c1cc(OCCCC(F)(F)F)ccc1Cl. The molecule has 3 nitrogen and oxygen atoms in total. The summed E-state index contributed by atoms with van der Waals surface area (Å²) in [5.74, 6) is -0.462. The topological polar surface area (TPSA) is 52.3 Å². The fourth-order valence-corrected chi connectivity index (χ4v) is 1.46. The molecule has 0 spiro atoms.